The maximum Gasteiger partial charge on any atom is 0.446 e. The number of fused-ring (bicyclic) bond motifs is 1. The third kappa shape index (κ3) is 5.09. The molecule has 0 aliphatic carbocycles. The summed E-state index contributed by atoms with van der Waals surface area (Å²) in [5.41, 5.74) is -2.84. The topological polar surface area (TPSA) is 119 Å². The Morgan fingerprint density at radius 2 is 1.76 bits per heavy atom. The van der Waals surface area contributed by atoms with Crippen LogP contribution in [0.2, 0.25) is 0 Å². The van der Waals surface area contributed by atoms with Gasteiger partial charge in [-0.1, -0.05) is 12.1 Å². The van der Waals surface area contributed by atoms with Gasteiger partial charge in [0.2, 0.25) is 11.8 Å². The molecule has 2 aromatic rings. The monoisotopic (exact) mass is 495 g/mol. The van der Waals surface area contributed by atoms with Crippen molar-refractivity contribution in [3.05, 3.63) is 64.7 Å². The average Bonchev–Trinajstić information content (AvgIpc) is 3.01. The van der Waals surface area contributed by atoms with Crippen LogP contribution < -0.4 is 10.6 Å². The summed E-state index contributed by atoms with van der Waals surface area (Å²) in [6, 6.07) is 8.96. The molecule has 8 nitrogen and oxygen atoms in total. The molecule has 0 saturated carbocycles. The molecule has 3 amide bonds. The number of alkyl halides is 3. The Morgan fingerprint density at radius 3 is 2.41 bits per heavy atom. The SMILES string of the molecule is O=C1CCC(N2C(O)c3ccc(CNC(=O)c4ccc(SC(F)(F)F)cc4)cc3C2O)C(=O)N1. The maximum absolute atomic E-state index is 12.4. The minimum Gasteiger partial charge on any atom is -0.374 e. The van der Waals surface area contributed by atoms with Crippen LogP contribution in [-0.2, 0) is 16.1 Å². The van der Waals surface area contributed by atoms with Crippen molar-refractivity contribution in [3.8, 4) is 0 Å². The first-order valence-corrected chi connectivity index (χ1v) is 11.1. The van der Waals surface area contributed by atoms with E-state index in [9.17, 15) is 37.8 Å². The quantitative estimate of drug-likeness (QED) is 0.371. The van der Waals surface area contributed by atoms with Gasteiger partial charge in [-0.15, -0.1) is 0 Å². The molecule has 4 N–H and O–H groups in total. The van der Waals surface area contributed by atoms with Crippen LogP contribution >= 0.6 is 11.8 Å². The molecule has 4 rings (SSSR count). The largest absolute Gasteiger partial charge is 0.446 e. The zero-order valence-corrected chi connectivity index (χ0v) is 18.3. The second-order valence-electron chi connectivity index (χ2n) is 7.88. The molecule has 0 aromatic heterocycles. The number of benzene rings is 2. The van der Waals surface area contributed by atoms with Crippen molar-refractivity contribution in [1.82, 2.24) is 15.5 Å². The van der Waals surface area contributed by atoms with Crippen molar-refractivity contribution in [1.29, 1.82) is 0 Å². The average molecular weight is 495 g/mol. The van der Waals surface area contributed by atoms with Crippen molar-refractivity contribution in [2.75, 3.05) is 0 Å². The molecule has 1 fully saturated rings. The lowest BCUT2D eigenvalue weighted by atomic mass is 10.0. The number of halogens is 3. The number of piperidine rings is 1. The van der Waals surface area contributed by atoms with Gasteiger partial charge in [0.1, 0.15) is 12.5 Å². The highest BCUT2D eigenvalue weighted by Crippen LogP contribution is 2.42. The van der Waals surface area contributed by atoms with E-state index in [0.717, 1.165) is 0 Å². The van der Waals surface area contributed by atoms with Crippen molar-refractivity contribution in [3.63, 3.8) is 0 Å². The third-order valence-corrected chi connectivity index (χ3v) is 6.38. The number of rotatable bonds is 5. The molecule has 2 heterocycles. The predicted octanol–water partition coefficient (Wildman–Crippen LogP) is 2.33. The molecule has 2 aliphatic rings. The van der Waals surface area contributed by atoms with Gasteiger partial charge >= 0.3 is 5.51 Å². The molecule has 0 spiro atoms. The summed E-state index contributed by atoms with van der Waals surface area (Å²) >= 11 is -0.268. The number of amides is 3. The zero-order valence-electron chi connectivity index (χ0n) is 17.5. The standard InChI is InChI=1S/C22H20F3N3O5S/c23-22(24,25)34-13-4-2-12(3-5-13)18(30)26-10-11-1-6-14-15(9-11)21(33)28(20(14)32)16-7-8-17(29)27-19(16)31/h1-6,9,16,20-21,32-33H,7-8,10H2,(H,26,30)(H,27,29,31). The minimum absolute atomic E-state index is 0.0317. The number of hydrogen-bond acceptors (Lipinski definition) is 7. The number of carbonyl (C=O) groups excluding carboxylic acids is 3. The van der Waals surface area contributed by atoms with Gasteiger partial charge in [0, 0.05) is 34.6 Å². The lowest BCUT2D eigenvalue weighted by molar-refractivity contribution is -0.154. The van der Waals surface area contributed by atoms with E-state index in [2.05, 4.69) is 10.6 Å². The number of carbonyl (C=O) groups is 3. The van der Waals surface area contributed by atoms with Gasteiger partial charge in [-0.2, -0.15) is 13.2 Å². The third-order valence-electron chi connectivity index (χ3n) is 5.65. The van der Waals surface area contributed by atoms with E-state index in [1.165, 1.54) is 29.2 Å². The smallest absolute Gasteiger partial charge is 0.374 e. The van der Waals surface area contributed by atoms with Crippen LogP contribution in [0.15, 0.2) is 47.4 Å². The summed E-state index contributed by atoms with van der Waals surface area (Å²) in [5, 5.41) is 26.3. The zero-order chi connectivity index (χ0) is 24.6. The molecule has 1 saturated heterocycles. The van der Waals surface area contributed by atoms with Crippen molar-refractivity contribution >= 4 is 29.5 Å². The molecule has 34 heavy (non-hydrogen) atoms. The van der Waals surface area contributed by atoms with Gasteiger partial charge in [-0.3, -0.25) is 19.7 Å². The number of nitrogens with one attached hydrogen (secondary N) is 2. The van der Waals surface area contributed by atoms with E-state index in [4.69, 9.17) is 0 Å². The number of imide groups is 1. The van der Waals surface area contributed by atoms with Crippen LogP contribution in [0.3, 0.4) is 0 Å². The summed E-state index contributed by atoms with van der Waals surface area (Å²) in [5.74, 6) is -1.49. The summed E-state index contributed by atoms with van der Waals surface area (Å²) in [4.78, 5) is 37.2. The highest BCUT2D eigenvalue weighted by molar-refractivity contribution is 8.00. The predicted molar refractivity (Wildman–Crippen MR) is 114 cm³/mol. The van der Waals surface area contributed by atoms with Crippen LogP contribution in [0.25, 0.3) is 0 Å². The van der Waals surface area contributed by atoms with E-state index in [1.807, 2.05) is 0 Å². The Labute approximate surface area is 196 Å². The summed E-state index contributed by atoms with van der Waals surface area (Å²) in [7, 11) is 0. The second-order valence-corrected chi connectivity index (χ2v) is 9.02. The summed E-state index contributed by atoms with van der Waals surface area (Å²) in [6.45, 7) is 0.0619. The fourth-order valence-electron chi connectivity index (χ4n) is 4.05. The Balaban J connectivity index is 1.41. The Kier molecular flexibility index (Phi) is 6.67. The van der Waals surface area contributed by atoms with Crippen molar-refractivity contribution in [2.24, 2.45) is 0 Å². The minimum atomic E-state index is -4.41. The number of thioether (sulfide) groups is 1. The second kappa shape index (κ2) is 9.37. The molecular formula is C22H20F3N3O5S. The van der Waals surface area contributed by atoms with E-state index >= 15 is 0 Å². The maximum atomic E-state index is 12.4. The summed E-state index contributed by atoms with van der Waals surface area (Å²) in [6.07, 6.45) is -2.28. The lowest BCUT2D eigenvalue weighted by Crippen LogP contribution is -2.52. The molecule has 3 unspecified atom stereocenters. The molecule has 2 aromatic carbocycles. The van der Waals surface area contributed by atoms with Gasteiger partial charge in [-0.05, 0) is 54.1 Å². The van der Waals surface area contributed by atoms with Gasteiger partial charge in [0.15, 0.2) is 0 Å². The number of hydrogen-bond donors (Lipinski definition) is 4. The van der Waals surface area contributed by atoms with Crippen LogP contribution in [-0.4, -0.2) is 44.4 Å². The van der Waals surface area contributed by atoms with Gasteiger partial charge < -0.3 is 15.5 Å². The normalized spacial score (nSPS) is 22.9. The highest BCUT2D eigenvalue weighted by Gasteiger charge is 2.45. The summed E-state index contributed by atoms with van der Waals surface area (Å²) < 4.78 is 37.3. The Hall–Kier alpha value is -2.93. The highest BCUT2D eigenvalue weighted by atomic mass is 32.2. The molecular weight excluding hydrogens is 475 g/mol. The van der Waals surface area contributed by atoms with Gasteiger partial charge in [0.25, 0.3) is 5.91 Å². The molecule has 2 aliphatic heterocycles. The first-order chi connectivity index (χ1) is 16.0. The van der Waals surface area contributed by atoms with Crippen LogP contribution in [0.4, 0.5) is 13.2 Å². The first-order valence-electron chi connectivity index (χ1n) is 10.3. The fraction of sp³-hybridized carbons (Fsp3) is 0.318. The number of aliphatic hydroxyl groups is 2. The Morgan fingerprint density at radius 1 is 1.09 bits per heavy atom. The number of nitrogens with zero attached hydrogens (tertiary/aromatic N) is 1. The van der Waals surface area contributed by atoms with E-state index < -0.39 is 41.7 Å². The fourth-order valence-corrected chi connectivity index (χ4v) is 4.59. The van der Waals surface area contributed by atoms with Gasteiger partial charge in [0.05, 0.1) is 6.04 Å². The van der Waals surface area contributed by atoms with E-state index in [0.29, 0.717) is 16.7 Å². The first kappa shape index (κ1) is 24.2. The molecule has 12 heteroatoms. The van der Waals surface area contributed by atoms with Crippen LogP contribution in [0, 0.1) is 0 Å². The van der Waals surface area contributed by atoms with Crippen LogP contribution in [0.1, 0.15) is 52.3 Å². The van der Waals surface area contributed by atoms with E-state index in [-0.39, 0.29) is 41.6 Å². The molecule has 3 atom stereocenters. The van der Waals surface area contributed by atoms with Crippen molar-refractivity contribution < 1.29 is 37.8 Å². The van der Waals surface area contributed by atoms with Gasteiger partial charge in [-0.25, -0.2) is 4.90 Å². The molecule has 0 bridgehead atoms. The van der Waals surface area contributed by atoms with E-state index in [1.54, 1.807) is 18.2 Å². The van der Waals surface area contributed by atoms with Crippen molar-refractivity contribution in [2.45, 2.75) is 48.3 Å². The lowest BCUT2D eigenvalue weighted by Gasteiger charge is -2.34. The Bertz CT molecular complexity index is 1130. The van der Waals surface area contributed by atoms with Crippen LogP contribution in [0.5, 0.6) is 0 Å². The molecule has 180 valence electrons. The molecule has 0 radical (unpaired) electrons. The number of aliphatic hydroxyl groups excluding tert-OH is 2.